The van der Waals surface area contributed by atoms with Gasteiger partial charge in [-0.3, -0.25) is 9.59 Å². The van der Waals surface area contributed by atoms with Crippen molar-refractivity contribution in [3.8, 4) is 0 Å². The van der Waals surface area contributed by atoms with Crippen LogP contribution in [0.1, 0.15) is 24.8 Å². The number of rotatable bonds is 3. The second-order valence-corrected chi connectivity index (χ2v) is 5.07. The van der Waals surface area contributed by atoms with E-state index in [0.717, 1.165) is 12.0 Å². The Morgan fingerprint density at radius 1 is 1.39 bits per heavy atom. The minimum atomic E-state index is -1.25. The normalized spacial score (nSPS) is 16.8. The van der Waals surface area contributed by atoms with Crippen LogP contribution >= 0.6 is 11.6 Å². The number of carbonyl (C=O) groups excluding carboxylic acids is 1. The highest BCUT2D eigenvalue weighted by Crippen LogP contribution is 2.42. The third-order valence-electron chi connectivity index (χ3n) is 3.48. The van der Waals surface area contributed by atoms with E-state index in [0.29, 0.717) is 23.6 Å². The number of carbonyl (C=O) groups is 2. The zero-order chi connectivity index (χ0) is 13.3. The van der Waals surface area contributed by atoms with Gasteiger partial charge in [-0.1, -0.05) is 24.1 Å². The van der Waals surface area contributed by atoms with E-state index in [4.69, 9.17) is 16.7 Å². The Kier molecular flexibility index (Phi) is 3.30. The van der Waals surface area contributed by atoms with Gasteiger partial charge >= 0.3 is 5.97 Å². The number of carboxylic acid groups (broad SMARTS) is 1. The van der Waals surface area contributed by atoms with Gasteiger partial charge < -0.3 is 10.4 Å². The zero-order valence-electron chi connectivity index (χ0n) is 10.00. The molecule has 0 aliphatic heterocycles. The maximum atomic E-state index is 12.0. The average molecular weight is 268 g/mol. The van der Waals surface area contributed by atoms with Crippen molar-refractivity contribution in [3.05, 3.63) is 28.8 Å². The summed E-state index contributed by atoms with van der Waals surface area (Å²) in [6, 6.07) is 5.13. The van der Waals surface area contributed by atoms with Gasteiger partial charge in [0.25, 0.3) is 0 Å². The maximum absolute atomic E-state index is 12.0. The van der Waals surface area contributed by atoms with Crippen molar-refractivity contribution in [2.45, 2.75) is 26.2 Å². The Bertz CT molecular complexity index is 509. The molecule has 1 amide bonds. The van der Waals surface area contributed by atoms with Crippen LogP contribution in [0.3, 0.4) is 0 Å². The Balaban J connectivity index is 2.16. The van der Waals surface area contributed by atoms with Gasteiger partial charge in [0.2, 0.25) is 5.91 Å². The van der Waals surface area contributed by atoms with Crippen LogP contribution in [-0.2, 0) is 9.59 Å². The second-order valence-electron chi connectivity index (χ2n) is 4.66. The fraction of sp³-hybridized carbons (Fsp3) is 0.385. The fourth-order valence-electron chi connectivity index (χ4n) is 1.99. The molecule has 1 aromatic rings. The highest BCUT2D eigenvalue weighted by Gasteiger charge is 2.51. The lowest BCUT2D eigenvalue weighted by Crippen LogP contribution is -2.48. The summed E-state index contributed by atoms with van der Waals surface area (Å²) in [5.74, 6) is -1.51. The topological polar surface area (TPSA) is 66.4 Å². The molecule has 1 saturated carbocycles. The van der Waals surface area contributed by atoms with E-state index in [2.05, 4.69) is 5.32 Å². The number of carboxylic acids is 1. The minimum absolute atomic E-state index is 0.397. The molecule has 5 heteroatoms. The molecular weight excluding hydrogens is 254 g/mol. The van der Waals surface area contributed by atoms with Crippen LogP contribution in [0.4, 0.5) is 5.69 Å². The van der Waals surface area contributed by atoms with Gasteiger partial charge in [-0.05, 0) is 37.5 Å². The summed E-state index contributed by atoms with van der Waals surface area (Å²) in [4.78, 5) is 23.2. The molecule has 0 spiro atoms. The molecule has 0 saturated heterocycles. The number of hydrogen-bond acceptors (Lipinski definition) is 2. The smallest absolute Gasteiger partial charge is 0.319 e. The lowest BCUT2D eigenvalue weighted by atomic mass is 9.68. The summed E-state index contributed by atoms with van der Waals surface area (Å²) in [6.45, 7) is 1.86. The lowest BCUT2D eigenvalue weighted by Gasteiger charge is -2.35. The molecule has 0 heterocycles. The van der Waals surface area contributed by atoms with Crippen LogP contribution in [-0.4, -0.2) is 17.0 Å². The molecule has 1 fully saturated rings. The molecule has 18 heavy (non-hydrogen) atoms. The van der Waals surface area contributed by atoms with E-state index in [9.17, 15) is 9.59 Å². The SMILES string of the molecule is Cc1ccc(NC(=O)C2(C(=O)O)CCC2)cc1Cl. The molecule has 1 aliphatic carbocycles. The lowest BCUT2D eigenvalue weighted by molar-refractivity contribution is -0.159. The van der Waals surface area contributed by atoms with Crippen molar-refractivity contribution in [2.24, 2.45) is 5.41 Å². The van der Waals surface area contributed by atoms with Crippen LogP contribution in [0.2, 0.25) is 5.02 Å². The van der Waals surface area contributed by atoms with Gasteiger partial charge in [0, 0.05) is 10.7 Å². The summed E-state index contributed by atoms with van der Waals surface area (Å²) in [7, 11) is 0. The third kappa shape index (κ3) is 2.08. The van der Waals surface area contributed by atoms with Crippen molar-refractivity contribution in [1.29, 1.82) is 0 Å². The first-order chi connectivity index (χ1) is 8.45. The van der Waals surface area contributed by atoms with Crippen LogP contribution in [0.25, 0.3) is 0 Å². The summed E-state index contributed by atoms with van der Waals surface area (Å²) >= 11 is 5.95. The predicted molar refractivity (Wildman–Crippen MR) is 68.7 cm³/mol. The number of halogens is 1. The van der Waals surface area contributed by atoms with Gasteiger partial charge in [-0.2, -0.15) is 0 Å². The van der Waals surface area contributed by atoms with E-state index in [-0.39, 0.29) is 0 Å². The monoisotopic (exact) mass is 267 g/mol. The number of aryl methyl sites for hydroxylation is 1. The molecule has 0 atom stereocenters. The number of nitrogens with one attached hydrogen (secondary N) is 1. The molecule has 0 radical (unpaired) electrons. The molecule has 1 aliphatic rings. The molecule has 96 valence electrons. The van der Waals surface area contributed by atoms with E-state index < -0.39 is 17.3 Å². The largest absolute Gasteiger partial charge is 0.480 e. The van der Waals surface area contributed by atoms with Crippen LogP contribution in [0.15, 0.2) is 18.2 Å². The van der Waals surface area contributed by atoms with Crippen molar-refractivity contribution in [3.63, 3.8) is 0 Å². The highest BCUT2D eigenvalue weighted by molar-refractivity contribution is 6.31. The van der Waals surface area contributed by atoms with Gasteiger partial charge in [-0.15, -0.1) is 0 Å². The van der Waals surface area contributed by atoms with Gasteiger partial charge in [0.1, 0.15) is 5.41 Å². The summed E-state index contributed by atoms with van der Waals surface area (Å²) in [5.41, 5.74) is 0.187. The van der Waals surface area contributed by atoms with Crippen LogP contribution < -0.4 is 5.32 Å². The van der Waals surface area contributed by atoms with Crippen molar-refractivity contribution >= 4 is 29.2 Å². The summed E-state index contributed by atoms with van der Waals surface area (Å²) in [6.07, 6.45) is 1.57. The van der Waals surface area contributed by atoms with Crippen LogP contribution in [0.5, 0.6) is 0 Å². The first kappa shape index (κ1) is 12.9. The van der Waals surface area contributed by atoms with Gasteiger partial charge in [-0.25, -0.2) is 0 Å². The van der Waals surface area contributed by atoms with E-state index in [1.165, 1.54) is 0 Å². The molecule has 2 rings (SSSR count). The molecular formula is C13H14ClNO3. The Morgan fingerprint density at radius 2 is 2.06 bits per heavy atom. The molecule has 4 nitrogen and oxygen atoms in total. The average Bonchev–Trinajstić information content (AvgIpc) is 2.21. The molecule has 0 unspecified atom stereocenters. The number of aliphatic carboxylic acids is 1. The van der Waals surface area contributed by atoms with Gasteiger partial charge in [0.05, 0.1) is 0 Å². The Hall–Kier alpha value is -1.55. The number of anilines is 1. The van der Waals surface area contributed by atoms with E-state index >= 15 is 0 Å². The molecule has 2 N–H and O–H groups in total. The third-order valence-corrected chi connectivity index (χ3v) is 3.89. The highest BCUT2D eigenvalue weighted by atomic mass is 35.5. The number of amides is 1. The fourth-order valence-corrected chi connectivity index (χ4v) is 2.17. The molecule has 1 aromatic carbocycles. The standard InChI is InChI=1S/C13H14ClNO3/c1-8-3-4-9(7-10(8)14)15-11(16)13(12(17)18)5-2-6-13/h3-4,7H,2,5-6H2,1H3,(H,15,16)(H,17,18). The van der Waals surface area contributed by atoms with Crippen molar-refractivity contribution in [1.82, 2.24) is 0 Å². The van der Waals surface area contributed by atoms with Crippen molar-refractivity contribution < 1.29 is 14.7 Å². The van der Waals surface area contributed by atoms with Gasteiger partial charge in [0.15, 0.2) is 0 Å². The molecule has 0 bridgehead atoms. The number of benzene rings is 1. The summed E-state index contributed by atoms with van der Waals surface area (Å²) < 4.78 is 0. The number of hydrogen-bond donors (Lipinski definition) is 2. The van der Waals surface area contributed by atoms with Crippen LogP contribution in [0, 0.1) is 12.3 Å². The first-order valence-corrected chi connectivity index (χ1v) is 6.14. The van der Waals surface area contributed by atoms with E-state index in [1.54, 1.807) is 18.2 Å². The zero-order valence-corrected chi connectivity index (χ0v) is 10.8. The predicted octanol–water partition coefficient (Wildman–Crippen LogP) is 2.84. The Morgan fingerprint density at radius 3 is 2.50 bits per heavy atom. The maximum Gasteiger partial charge on any atom is 0.319 e. The first-order valence-electron chi connectivity index (χ1n) is 5.77. The quantitative estimate of drug-likeness (QED) is 0.828. The summed E-state index contributed by atoms with van der Waals surface area (Å²) in [5, 5.41) is 12.3. The molecule has 0 aromatic heterocycles. The second kappa shape index (κ2) is 4.61. The minimum Gasteiger partial charge on any atom is -0.480 e. The van der Waals surface area contributed by atoms with E-state index in [1.807, 2.05) is 6.92 Å². The Labute approximate surface area is 110 Å². The van der Waals surface area contributed by atoms with Crippen molar-refractivity contribution in [2.75, 3.05) is 5.32 Å².